The Hall–Kier alpha value is -0.630. The van der Waals surface area contributed by atoms with Crippen LogP contribution in [0.5, 0.6) is 0 Å². The molecule has 0 amide bonds. The molecule has 26 heavy (non-hydrogen) atoms. The van der Waals surface area contributed by atoms with Crippen LogP contribution in [0.15, 0.2) is 17.1 Å². The molecule has 2 nitrogen and oxygen atoms in total. The van der Waals surface area contributed by atoms with Gasteiger partial charge in [-0.05, 0) is 57.7 Å². The SMILES string of the molecule is CCCCCCCC/C=C\CCCCCCCCN=CCCNCCC. The van der Waals surface area contributed by atoms with Gasteiger partial charge in [-0.15, -0.1) is 0 Å². The molecule has 0 radical (unpaired) electrons. The van der Waals surface area contributed by atoms with Crippen molar-refractivity contribution in [2.45, 2.75) is 117 Å². The van der Waals surface area contributed by atoms with Gasteiger partial charge in [-0.25, -0.2) is 0 Å². The monoisotopic (exact) mass is 364 g/mol. The largest absolute Gasteiger partial charge is 0.316 e. The van der Waals surface area contributed by atoms with E-state index in [1.165, 1.54) is 96.3 Å². The molecule has 0 saturated carbocycles. The quantitative estimate of drug-likeness (QED) is 0.127. The molecular formula is C24H48N2. The molecule has 0 rings (SSSR count). The summed E-state index contributed by atoms with van der Waals surface area (Å²) in [6.45, 7) is 7.71. The van der Waals surface area contributed by atoms with Crippen molar-refractivity contribution in [1.82, 2.24) is 5.32 Å². The predicted octanol–water partition coefficient (Wildman–Crippen LogP) is 7.48. The Kier molecular flexibility index (Phi) is 23.8. The van der Waals surface area contributed by atoms with Gasteiger partial charge in [0.2, 0.25) is 0 Å². The molecule has 1 N–H and O–H groups in total. The van der Waals surface area contributed by atoms with Crippen LogP contribution in [0.25, 0.3) is 0 Å². The molecule has 2 heteroatoms. The van der Waals surface area contributed by atoms with E-state index >= 15 is 0 Å². The first-order chi connectivity index (χ1) is 12.9. The Morgan fingerprint density at radius 2 is 1.15 bits per heavy atom. The fourth-order valence-electron chi connectivity index (χ4n) is 3.10. The van der Waals surface area contributed by atoms with E-state index in [2.05, 4.69) is 42.5 Å². The van der Waals surface area contributed by atoms with Crippen LogP contribution in [0.4, 0.5) is 0 Å². The first-order valence-corrected chi connectivity index (χ1v) is 11.8. The molecule has 0 aromatic rings. The van der Waals surface area contributed by atoms with Gasteiger partial charge in [-0.2, -0.15) is 0 Å². The summed E-state index contributed by atoms with van der Waals surface area (Å²) < 4.78 is 0. The second-order valence-corrected chi connectivity index (χ2v) is 7.57. The Morgan fingerprint density at radius 1 is 0.577 bits per heavy atom. The minimum atomic E-state index is 1.02. The van der Waals surface area contributed by atoms with Crippen molar-refractivity contribution < 1.29 is 0 Å². The fourth-order valence-corrected chi connectivity index (χ4v) is 3.10. The highest BCUT2D eigenvalue weighted by Crippen LogP contribution is 2.09. The fraction of sp³-hybridized carbons (Fsp3) is 0.875. The lowest BCUT2D eigenvalue weighted by atomic mass is 10.1. The summed E-state index contributed by atoms with van der Waals surface area (Å²) in [5.41, 5.74) is 0. The maximum absolute atomic E-state index is 4.50. The smallest absolute Gasteiger partial charge is 0.0385 e. The molecule has 0 fully saturated rings. The summed E-state index contributed by atoms with van der Waals surface area (Å²) in [4.78, 5) is 4.50. The Bertz CT molecular complexity index is 297. The summed E-state index contributed by atoms with van der Waals surface area (Å²) in [5, 5.41) is 3.40. The first-order valence-electron chi connectivity index (χ1n) is 11.8. The van der Waals surface area contributed by atoms with Crippen LogP contribution in [0.1, 0.15) is 117 Å². The van der Waals surface area contributed by atoms with E-state index < -0.39 is 0 Å². The van der Waals surface area contributed by atoms with Crippen LogP contribution in [-0.2, 0) is 0 Å². The lowest BCUT2D eigenvalue weighted by molar-refractivity contribution is 0.599. The van der Waals surface area contributed by atoms with Gasteiger partial charge in [0.05, 0.1) is 0 Å². The van der Waals surface area contributed by atoms with Gasteiger partial charge in [0, 0.05) is 13.1 Å². The van der Waals surface area contributed by atoms with Crippen molar-refractivity contribution in [2.24, 2.45) is 4.99 Å². The zero-order valence-electron chi connectivity index (χ0n) is 18.1. The third-order valence-electron chi connectivity index (χ3n) is 4.81. The minimum Gasteiger partial charge on any atom is -0.316 e. The van der Waals surface area contributed by atoms with Crippen molar-refractivity contribution in [3.05, 3.63) is 12.2 Å². The van der Waals surface area contributed by atoms with Gasteiger partial charge in [0.25, 0.3) is 0 Å². The Balaban J connectivity index is 3.10. The van der Waals surface area contributed by atoms with Crippen LogP contribution in [0.2, 0.25) is 0 Å². The highest BCUT2D eigenvalue weighted by atomic mass is 14.8. The van der Waals surface area contributed by atoms with Crippen molar-refractivity contribution >= 4 is 6.21 Å². The first kappa shape index (κ1) is 25.4. The lowest BCUT2D eigenvalue weighted by Gasteiger charge is -2.00. The molecule has 0 heterocycles. The highest BCUT2D eigenvalue weighted by Gasteiger charge is 1.91. The number of hydrogen-bond acceptors (Lipinski definition) is 2. The number of unbranched alkanes of at least 4 members (excludes halogenated alkanes) is 12. The predicted molar refractivity (Wildman–Crippen MR) is 121 cm³/mol. The number of hydrogen-bond donors (Lipinski definition) is 1. The second-order valence-electron chi connectivity index (χ2n) is 7.57. The van der Waals surface area contributed by atoms with Crippen LogP contribution >= 0.6 is 0 Å². The number of nitrogens with one attached hydrogen (secondary N) is 1. The van der Waals surface area contributed by atoms with Crippen molar-refractivity contribution in [1.29, 1.82) is 0 Å². The number of aliphatic imine (C=N–C) groups is 1. The van der Waals surface area contributed by atoms with Gasteiger partial charge in [0.15, 0.2) is 0 Å². The minimum absolute atomic E-state index is 1.02. The van der Waals surface area contributed by atoms with E-state index in [4.69, 9.17) is 0 Å². The lowest BCUT2D eigenvalue weighted by Crippen LogP contribution is -2.16. The third kappa shape index (κ3) is 23.4. The number of allylic oxidation sites excluding steroid dienone is 2. The van der Waals surface area contributed by atoms with E-state index in [9.17, 15) is 0 Å². The Morgan fingerprint density at radius 3 is 1.77 bits per heavy atom. The van der Waals surface area contributed by atoms with Crippen LogP contribution in [0.3, 0.4) is 0 Å². The summed E-state index contributed by atoms with van der Waals surface area (Å²) in [5.74, 6) is 0. The molecule has 0 saturated heterocycles. The van der Waals surface area contributed by atoms with E-state index in [0.29, 0.717) is 0 Å². The zero-order valence-corrected chi connectivity index (χ0v) is 18.1. The van der Waals surface area contributed by atoms with Crippen LogP contribution in [-0.4, -0.2) is 25.8 Å². The van der Waals surface area contributed by atoms with Gasteiger partial charge in [-0.3, -0.25) is 4.99 Å². The standard InChI is InChI=1S/C24H48N2/c1-3-5-6-7-8-9-10-11-12-13-14-15-16-17-18-19-22-26-24-20-23-25-21-4-2/h11-12,24-25H,3-10,13-23H2,1-2H3/b12-11-,26-24?. The maximum Gasteiger partial charge on any atom is 0.0385 e. The van der Waals surface area contributed by atoms with E-state index in [-0.39, 0.29) is 0 Å². The van der Waals surface area contributed by atoms with Gasteiger partial charge in [0.1, 0.15) is 0 Å². The van der Waals surface area contributed by atoms with Gasteiger partial charge < -0.3 is 5.32 Å². The molecule has 0 aromatic carbocycles. The highest BCUT2D eigenvalue weighted by molar-refractivity contribution is 5.57. The topological polar surface area (TPSA) is 24.4 Å². The van der Waals surface area contributed by atoms with Gasteiger partial charge >= 0.3 is 0 Å². The number of nitrogens with zero attached hydrogens (tertiary/aromatic N) is 1. The zero-order chi connectivity index (χ0) is 19.0. The van der Waals surface area contributed by atoms with Crippen LogP contribution in [0, 0.1) is 0 Å². The summed E-state index contributed by atoms with van der Waals surface area (Å²) in [7, 11) is 0. The maximum atomic E-state index is 4.50. The van der Waals surface area contributed by atoms with E-state index in [1.807, 2.05) is 0 Å². The van der Waals surface area contributed by atoms with E-state index in [1.54, 1.807) is 0 Å². The summed E-state index contributed by atoms with van der Waals surface area (Å²) >= 11 is 0. The molecule has 0 atom stereocenters. The molecule has 0 spiro atoms. The molecule has 0 aliphatic carbocycles. The molecule has 0 aromatic heterocycles. The average molecular weight is 365 g/mol. The summed E-state index contributed by atoms with van der Waals surface area (Å²) in [6.07, 6.45) is 28.4. The number of rotatable bonds is 21. The van der Waals surface area contributed by atoms with Gasteiger partial charge in [-0.1, -0.05) is 83.8 Å². The van der Waals surface area contributed by atoms with Crippen molar-refractivity contribution in [3.8, 4) is 0 Å². The van der Waals surface area contributed by atoms with Crippen molar-refractivity contribution in [2.75, 3.05) is 19.6 Å². The normalized spacial score (nSPS) is 11.9. The summed E-state index contributed by atoms with van der Waals surface area (Å²) in [6, 6.07) is 0. The van der Waals surface area contributed by atoms with Crippen molar-refractivity contribution in [3.63, 3.8) is 0 Å². The molecular weight excluding hydrogens is 316 g/mol. The third-order valence-corrected chi connectivity index (χ3v) is 4.81. The molecule has 0 bridgehead atoms. The molecule has 154 valence electrons. The molecule has 0 aliphatic heterocycles. The second kappa shape index (κ2) is 24.4. The average Bonchev–Trinajstić information content (AvgIpc) is 2.66. The molecule has 0 unspecified atom stereocenters. The van der Waals surface area contributed by atoms with E-state index in [0.717, 1.165) is 26.1 Å². The molecule has 0 aliphatic rings. The van der Waals surface area contributed by atoms with Crippen LogP contribution < -0.4 is 5.32 Å². The Labute approximate surface area is 165 Å².